The van der Waals surface area contributed by atoms with Crippen LogP contribution >= 0.6 is 11.6 Å². The Morgan fingerprint density at radius 3 is 2.75 bits per heavy atom. The molecule has 0 fully saturated rings. The number of halogens is 1. The molecule has 0 atom stereocenters. The number of hydrogen-bond acceptors (Lipinski definition) is 4. The Balaban J connectivity index is 2.48. The van der Waals surface area contributed by atoms with Crippen molar-refractivity contribution in [2.75, 3.05) is 0 Å². The van der Waals surface area contributed by atoms with Gasteiger partial charge in [0.25, 0.3) is 5.69 Å². The van der Waals surface area contributed by atoms with Crippen LogP contribution in [-0.4, -0.2) is 4.92 Å². The van der Waals surface area contributed by atoms with Crippen molar-refractivity contribution in [2.24, 2.45) is 0 Å². The van der Waals surface area contributed by atoms with Gasteiger partial charge in [-0.05, 0) is 24.6 Å². The highest BCUT2D eigenvalue weighted by Crippen LogP contribution is 2.35. The Morgan fingerprint density at radius 2 is 2.10 bits per heavy atom. The molecule has 6 heteroatoms. The zero-order chi connectivity index (χ0) is 14.7. The van der Waals surface area contributed by atoms with E-state index in [4.69, 9.17) is 21.6 Å². The maximum Gasteiger partial charge on any atom is 0.273 e. The van der Waals surface area contributed by atoms with Crippen LogP contribution in [0.5, 0.6) is 11.5 Å². The summed E-state index contributed by atoms with van der Waals surface area (Å²) < 4.78 is 5.59. The molecule has 5 nitrogen and oxygen atoms in total. The van der Waals surface area contributed by atoms with Gasteiger partial charge in [-0.25, -0.2) is 0 Å². The molecule has 2 rings (SSSR count). The van der Waals surface area contributed by atoms with Gasteiger partial charge >= 0.3 is 0 Å². The van der Waals surface area contributed by atoms with E-state index in [0.717, 1.165) is 5.56 Å². The van der Waals surface area contributed by atoms with Crippen LogP contribution in [0.3, 0.4) is 0 Å². The number of aryl methyl sites for hydroxylation is 1. The van der Waals surface area contributed by atoms with Gasteiger partial charge in [0.05, 0.1) is 21.6 Å². The van der Waals surface area contributed by atoms with Crippen LogP contribution in [0.15, 0.2) is 36.4 Å². The molecule has 0 amide bonds. The third-order valence-corrected chi connectivity index (χ3v) is 2.98. The molecule has 0 heterocycles. The van der Waals surface area contributed by atoms with Crippen LogP contribution in [0.4, 0.5) is 5.69 Å². The number of nitriles is 1. The molecule has 2 aromatic rings. The zero-order valence-electron chi connectivity index (χ0n) is 10.5. The van der Waals surface area contributed by atoms with E-state index in [1.807, 2.05) is 6.07 Å². The topological polar surface area (TPSA) is 76.2 Å². The zero-order valence-corrected chi connectivity index (χ0v) is 11.2. The third-order valence-electron chi connectivity index (χ3n) is 2.67. The van der Waals surface area contributed by atoms with Crippen molar-refractivity contribution in [1.82, 2.24) is 0 Å². The smallest absolute Gasteiger partial charge is 0.273 e. The highest BCUT2D eigenvalue weighted by molar-refractivity contribution is 6.32. The molecule has 0 spiro atoms. The fraction of sp³-hybridized carbons (Fsp3) is 0.0714. The summed E-state index contributed by atoms with van der Waals surface area (Å²) in [6.07, 6.45) is 0. The highest BCUT2D eigenvalue weighted by Gasteiger charge is 2.14. The maximum atomic E-state index is 10.8. The number of nitro benzene ring substituents is 1. The number of rotatable bonds is 3. The predicted molar refractivity (Wildman–Crippen MR) is 74.1 cm³/mol. The number of ether oxygens (including phenoxy) is 1. The highest BCUT2D eigenvalue weighted by atomic mass is 35.5. The molecule has 0 radical (unpaired) electrons. The van der Waals surface area contributed by atoms with Gasteiger partial charge in [0.2, 0.25) is 0 Å². The van der Waals surface area contributed by atoms with E-state index in [0.29, 0.717) is 11.3 Å². The van der Waals surface area contributed by atoms with E-state index < -0.39 is 4.92 Å². The average Bonchev–Trinajstić information content (AvgIpc) is 2.42. The quantitative estimate of drug-likeness (QED) is 0.626. The maximum absolute atomic E-state index is 10.8. The first-order chi connectivity index (χ1) is 9.52. The molecule has 0 unspecified atom stereocenters. The fourth-order valence-corrected chi connectivity index (χ4v) is 1.83. The van der Waals surface area contributed by atoms with Gasteiger partial charge in [0.15, 0.2) is 5.75 Å². The molecule has 20 heavy (non-hydrogen) atoms. The Hall–Kier alpha value is -2.58. The summed E-state index contributed by atoms with van der Waals surface area (Å²) in [6, 6.07) is 11.0. The van der Waals surface area contributed by atoms with Gasteiger partial charge in [-0.15, -0.1) is 0 Å². The lowest BCUT2D eigenvalue weighted by Gasteiger charge is -2.11. The standard InChI is InChI=1S/C14H9ClN2O3/c1-9-3-2-4-10(8-16)14(9)20-13-7-11(17(18)19)5-6-12(13)15/h2-7H,1H3. The fourth-order valence-electron chi connectivity index (χ4n) is 1.67. The largest absolute Gasteiger partial charge is 0.454 e. The van der Waals surface area contributed by atoms with Crippen molar-refractivity contribution >= 4 is 17.3 Å². The Bertz CT molecular complexity index is 723. The van der Waals surface area contributed by atoms with E-state index in [-0.39, 0.29) is 16.5 Å². The average molecular weight is 289 g/mol. The summed E-state index contributed by atoms with van der Waals surface area (Å²) in [4.78, 5) is 10.2. The second-order valence-electron chi connectivity index (χ2n) is 4.04. The second-order valence-corrected chi connectivity index (χ2v) is 4.44. The van der Waals surface area contributed by atoms with E-state index in [9.17, 15) is 10.1 Å². The summed E-state index contributed by atoms with van der Waals surface area (Å²) in [6.45, 7) is 1.78. The number of para-hydroxylation sites is 1. The van der Waals surface area contributed by atoms with E-state index >= 15 is 0 Å². The molecule has 0 saturated heterocycles. The second kappa shape index (κ2) is 5.59. The van der Waals surface area contributed by atoms with Crippen molar-refractivity contribution in [2.45, 2.75) is 6.92 Å². The van der Waals surface area contributed by atoms with Crippen molar-refractivity contribution in [3.63, 3.8) is 0 Å². The van der Waals surface area contributed by atoms with Crippen LogP contribution in [0.25, 0.3) is 0 Å². The van der Waals surface area contributed by atoms with Crippen molar-refractivity contribution in [1.29, 1.82) is 5.26 Å². The van der Waals surface area contributed by atoms with Crippen molar-refractivity contribution < 1.29 is 9.66 Å². The molecule has 0 aliphatic heterocycles. The SMILES string of the molecule is Cc1cccc(C#N)c1Oc1cc([N+](=O)[O-])ccc1Cl. The molecule has 0 aromatic heterocycles. The van der Waals surface area contributed by atoms with Crippen LogP contribution in [0.2, 0.25) is 5.02 Å². The normalized spacial score (nSPS) is 9.85. The number of hydrogen-bond donors (Lipinski definition) is 0. The minimum Gasteiger partial charge on any atom is -0.454 e. The molecule has 0 aliphatic carbocycles. The number of non-ortho nitro benzene ring substituents is 1. The summed E-state index contributed by atoms with van der Waals surface area (Å²) in [5, 5.41) is 20.1. The monoisotopic (exact) mass is 288 g/mol. The van der Waals surface area contributed by atoms with Crippen molar-refractivity contribution in [3.05, 3.63) is 62.7 Å². The Labute approximate surface area is 120 Å². The lowest BCUT2D eigenvalue weighted by Crippen LogP contribution is -1.94. The molecule has 2 aromatic carbocycles. The third kappa shape index (κ3) is 2.71. The van der Waals surface area contributed by atoms with Gasteiger partial charge in [-0.2, -0.15) is 5.26 Å². The first kappa shape index (κ1) is 13.8. The van der Waals surface area contributed by atoms with Crippen LogP contribution in [0, 0.1) is 28.4 Å². The van der Waals surface area contributed by atoms with E-state index in [1.54, 1.807) is 25.1 Å². The lowest BCUT2D eigenvalue weighted by atomic mass is 10.1. The molecule has 0 N–H and O–H groups in total. The van der Waals surface area contributed by atoms with Gasteiger partial charge in [0.1, 0.15) is 11.8 Å². The summed E-state index contributed by atoms with van der Waals surface area (Å²) in [7, 11) is 0. The first-order valence-corrected chi connectivity index (χ1v) is 6.02. The molecule has 0 bridgehead atoms. The molecular weight excluding hydrogens is 280 g/mol. The Morgan fingerprint density at radius 1 is 1.35 bits per heavy atom. The Kier molecular flexibility index (Phi) is 3.87. The summed E-state index contributed by atoms with van der Waals surface area (Å²) >= 11 is 5.97. The minimum atomic E-state index is -0.535. The van der Waals surface area contributed by atoms with Crippen LogP contribution < -0.4 is 4.74 Å². The van der Waals surface area contributed by atoms with Gasteiger partial charge in [-0.1, -0.05) is 23.7 Å². The number of nitrogens with zero attached hydrogens (tertiary/aromatic N) is 2. The van der Waals surface area contributed by atoms with Crippen LogP contribution in [0.1, 0.15) is 11.1 Å². The van der Waals surface area contributed by atoms with Gasteiger partial charge < -0.3 is 4.74 Å². The number of nitro groups is 1. The first-order valence-electron chi connectivity index (χ1n) is 5.64. The van der Waals surface area contributed by atoms with Crippen LogP contribution in [-0.2, 0) is 0 Å². The van der Waals surface area contributed by atoms with E-state index in [2.05, 4.69) is 0 Å². The van der Waals surface area contributed by atoms with Gasteiger partial charge in [-0.3, -0.25) is 10.1 Å². The minimum absolute atomic E-state index is 0.128. The molecule has 100 valence electrons. The van der Waals surface area contributed by atoms with E-state index in [1.165, 1.54) is 18.2 Å². The predicted octanol–water partition coefficient (Wildman–Crippen LogP) is 4.22. The number of benzene rings is 2. The summed E-state index contributed by atoms with van der Waals surface area (Å²) in [5.41, 5.74) is 0.954. The van der Waals surface area contributed by atoms with Gasteiger partial charge in [0, 0.05) is 6.07 Å². The lowest BCUT2D eigenvalue weighted by molar-refractivity contribution is -0.384. The molecule has 0 saturated carbocycles. The molecule has 0 aliphatic rings. The summed E-state index contributed by atoms with van der Waals surface area (Å²) in [5.74, 6) is 0.490. The van der Waals surface area contributed by atoms with Crippen molar-refractivity contribution in [3.8, 4) is 17.6 Å². The molecular formula is C14H9ClN2O3.